The summed E-state index contributed by atoms with van der Waals surface area (Å²) < 4.78 is 11.4. The monoisotopic (exact) mass is 415 g/mol. The third kappa shape index (κ3) is 5.05. The molecule has 8 heteroatoms. The zero-order valence-electron chi connectivity index (χ0n) is 17.1. The molecule has 2 aromatic heterocycles. The molecule has 0 aliphatic carbocycles. The predicted molar refractivity (Wildman–Crippen MR) is 115 cm³/mol. The Morgan fingerprint density at radius 3 is 2.48 bits per heavy atom. The Morgan fingerprint density at radius 2 is 1.77 bits per heavy atom. The number of hydrogen-bond acceptors (Lipinski definition) is 7. The summed E-state index contributed by atoms with van der Waals surface area (Å²) in [5, 5.41) is 12.1. The molecule has 0 aliphatic heterocycles. The van der Waals surface area contributed by atoms with Gasteiger partial charge in [0.2, 0.25) is 17.9 Å². The van der Waals surface area contributed by atoms with Crippen molar-refractivity contribution in [3.63, 3.8) is 0 Å². The molecule has 2 aromatic carbocycles. The number of oxime groups is 1. The molecular weight excluding hydrogens is 394 g/mol. The third-order valence-electron chi connectivity index (χ3n) is 4.39. The van der Waals surface area contributed by atoms with Gasteiger partial charge in [0.15, 0.2) is 5.84 Å². The molecule has 0 radical (unpaired) electrons. The minimum atomic E-state index is -0.570. The maximum absolute atomic E-state index is 6.01. The molecule has 0 saturated heterocycles. The fraction of sp³-hybridized carbons (Fsp3) is 0.130. The van der Waals surface area contributed by atoms with Gasteiger partial charge in [-0.05, 0) is 44.2 Å². The molecule has 4 aromatic rings. The van der Waals surface area contributed by atoms with Gasteiger partial charge in [-0.25, -0.2) is 4.98 Å². The van der Waals surface area contributed by atoms with Crippen LogP contribution in [0, 0.1) is 6.92 Å². The summed E-state index contributed by atoms with van der Waals surface area (Å²) in [7, 11) is 0. The number of benzene rings is 2. The van der Waals surface area contributed by atoms with Crippen molar-refractivity contribution in [2.45, 2.75) is 20.0 Å². The van der Waals surface area contributed by atoms with Crippen LogP contribution in [0.4, 0.5) is 0 Å². The number of rotatable bonds is 7. The highest BCUT2D eigenvalue weighted by atomic mass is 16.6. The molecular formula is C23H21N5O3. The van der Waals surface area contributed by atoms with Crippen molar-refractivity contribution in [3.8, 4) is 23.1 Å². The average Bonchev–Trinajstić information content (AvgIpc) is 3.29. The van der Waals surface area contributed by atoms with Crippen LogP contribution in [0.5, 0.6) is 11.6 Å². The van der Waals surface area contributed by atoms with E-state index in [2.05, 4.69) is 20.3 Å². The van der Waals surface area contributed by atoms with Crippen LogP contribution in [0.2, 0.25) is 0 Å². The van der Waals surface area contributed by atoms with Gasteiger partial charge in [0, 0.05) is 23.4 Å². The second-order valence-electron chi connectivity index (χ2n) is 6.84. The highest BCUT2D eigenvalue weighted by molar-refractivity contribution is 5.96. The summed E-state index contributed by atoms with van der Waals surface area (Å²) in [5.41, 5.74) is 8.60. The van der Waals surface area contributed by atoms with Gasteiger partial charge in [0.1, 0.15) is 5.75 Å². The molecule has 0 amide bonds. The van der Waals surface area contributed by atoms with Crippen LogP contribution in [-0.2, 0) is 4.84 Å². The van der Waals surface area contributed by atoms with Crippen molar-refractivity contribution in [1.29, 1.82) is 0 Å². The van der Waals surface area contributed by atoms with Gasteiger partial charge in [0.25, 0.3) is 5.89 Å². The molecule has 2 heterocycles. The van der Waals surface area contributed by atoms with E-state index >= 15 is 0 Å². The molecule has 0 saturated carbocycles. The summed E-state index contributed by atoms with van der Waals surface area (Å²) in [6, 6.07) is 20.7. The Hall–Kier alpha value is -4.20. The van der Waals surface area contributed by atoms with E-state index in [0.717, 1.165) is 11.1 Å². The number of aromatic nitrogens is 3. The van der Waals surface area contributed by atoms with Gasteiger partial charge >= 0.3 is 0 Å². The molecule has 8 nitrogen and oxygen atoms in total. The van der Waals surface area contributed by atoms with Crippen LogP contribution in [0.25, 0.3) is 11.5 Å². The first-order chi connectivity index (χ1) is 15.1. The van der Waals surface area contributed by atoms with E-state index in [1.807, 2.05) is 61.5 Å². The molecule has 156 valence electrons. The number of amidine groups is 1. The molecule has 1 atom stereocenters. The van der Waals surface area contributed by atoms with Gasteiger partial charge in [0.05, 0.1) is 0 Å². The number of hydrogen-bond donors (Lipinski definition) is 1. The largest absolute Gasteiger partial charge is 0.439 e. The third-order valence-corrected chi connectivity index (χ3v) is 4.39. The molecule has 1 unspecified atom stereocenters. The zero-order chi connectivity index (χ0) is 21.6. The summed E-state index contributed by atoms with van der Waals surface area (Å²) in [6.07, 6.45) is 0.992. The molecule has 0 bridgehead atoms. The lowest BCUT2D eigenvalue weighted by Crippen LogP contribution is -2.14. The number of ether oxygens (including phenoxy) is 1. The lowest BCUT2D eigenvalue weighted by atomic mass is 10.1. The van der Waals surface area contributed by atoms with Crippen LogP contribution in [0.15, 0.2) is 82.5 Å². The van der Waals surface area contributed by atoms with Crippen LogP contribution in [-0.4, -0.2) is 21.0 Å². The number of nitrogens with two attached hydrogens (primary N) is 1. The lowest BCUT2D eigenvalue weighted by molar-refractivity contribution is 0.0526. The Morgan fingerprint density at radius 1 is 1.00 bits per heavy atom. The maximum Gasteiger partial charge on any atom is 0.259 e. The van der Waals surface area contributed by atoms with Crippen molar-refractivity contribution in [2.75, 3.05) is 0 Å². The molecule has 0 spiro atoms. The number of aryl methyl sites for hydroxylation is 1. The van der Waals surface area contributed by atoms with Crippen molar-refractivity contribution in [2.24, 2.45) is 10.9 Å². The summed E-state index contributed by atoms with van der Waals surface area (Å²) in [6.45, 7) is 3.76. The standard InChI is InChI=1S/C23H21N5O3/c1-15-8-10-17(11-9-15)23-27-26-22(30-23)16(2)31-28-21(24)18-12-13-20(25-14-18)29-19-6-4-3-5-7-19/h3-14,16H,1-2H3,(H2,24,28). The maximum atomic E-state index is 6.01. The number of pyridine rings is 1. The average molecular weight is 415 g/mol. The van der Waals surface area contributed by atoms with Crippen LogP contribution < -0.4 is 10.5 Å². The van der Waals surface area contributed by atoms with E-state index < -0.39 is 6.10 Å². The van der Waals surface area contributed by atoms with Crippen molar-refractivity contribution in [3.05, 3.63) is 89.9 Å². The van der Waals surface area contributed by atoms with E-state index in [1.165, 1.54) is 0 Å². The fourth-order valence-corrected chi connectivity index (χ4v) is 2.65. The van der Waals surface area contributed by atoms with Gasteiger partial charge in [-0.3, -0.25) is 0 Å². The van der Waals surface area contributed by atoms with Gasteiger partial charge in [-0.1, -0.05) is 41.1 Å². The highest BCUT2D eigenvalue weighted by Gasteiger charge is 2.16. The minimum absolute atomic E-state index is 0.170. The lowest BCUT2D eigenvalue weighted by Gasteiger charge is -2.07. The fourth-order valence-electron chi connectivity index (χ4n) is 2.65. The van der Waals surface area contributed by atoms with Crippen LogP contribution in [0.3, 0.4) is 0 Å². The topological polar surface area (TPSA) is 109 Å². The predicted octanol–water partition coefficient (Wildman–Crippen LogP) is 4.63. The van der Waals surface area contributed by atoms with E-state index in [9.17, 15) is 0 Å². The van der Waals surface area contributed by atoms with E-state index in [1.54, 1.807) is 25.3 Å². The van der Waals surface area contributed by atoms with Crippen molar-refractivity contribution < 1.29 is 14.0 Å². The first-order valence-corrected chi connectivity index (χ1v) is 9.67. The van der Waals surface area contributed by atoms with Crippen molar-refractivity contribution in [1.82, 2.24) is 15.2 Å². The zero-order valence-corrected chi connectivity index (χ0v) is 17.1. The SMILES string of the molecule is Cc1ccc(-c2nnc(C(C)ON=C(N)c3ccc(Oc4ccccc4)nc3)o2)cc1. The minimum Gasteiger partial charge on any atom is -0.439 e. The quantitative estimate of drug-likeness (QED) is 0.266. The Balaban J connectivity index is 1.38. The van der Waals surface area contributed by atoms with Gasteiger partial charge in [-0.15, -0.1) is 10.2 Å². The molecule has 2 N–H and O–H groups in total. The summed E-state index contributed by atoms with van der Waals surface area (Å²) in [5.74, 6) is 2.04. The van der Waals surface area contributed by atoms with Crippen molar-refractivity contribution >= 4 is 5.84 Å². The molecule has 31 heavy (non-hydrogen) atoms. The molecule has 4 rings (SSSR count). The van der Waals surface area contributed by atoms with Gasteiger partial charge in [-0.2, -0.15) is 0 Å². The normalized spacial score (nSPS) is 12.4. The Labute approximate surface area is 179 Å². The van der Waals surface area contributed by atoms with Crippen LogP contribution >= 0.6 is 0 Å². The first kappa shape index (κ1) is 20.1. The highest BCUT2D eigenvalue weighted by Crippen LogP contribution is 2.23. The second-order valence-corrected chi connectivity index (χ2v) is 6.84. The van der Waals surface area contributed by atoms with E-state index in [4.69, 9.17) is 19.7 Å². The van der Waals surface area contributed by atoms with E-state index in [-0.39, 0.29) is 5.84 Å². The van der Waals surface area contributed by atoms with E-state index in [0.29, 0.717) is 29.0 Å². The van der Waals surface area contributed by atoms with Crippen LogP contribution in [0.1, 0.15) is 30.0 Å². The molecule has 0 aliphatic rings. The first-order valence-electron chi connectivity index (χ1n) is 9.67. The second kappa shape index (κ2) is 9.08. The Bertz CT molecular complexity index is 1160. The number of para-hydroxylation sites is 1. The summed E-state index contributed by atoms with van der Waals surface area (Å²) in [4.78, 5) is 9.69. The Kier molecular flexibility index (Phi) is 5.89. The van der Waals surface area contributed by atoms with Gasteiger partial charge < -0.3 is 19.7 Å². The number of nitrogens with zero attached hydrogens (tertiary/aromatic N) is 4. The smallest absolute Gasteiger partial charge is 0.259 e. The molecule has 0 fully saturated rings. The summed E-state index contributed by atoms with van der Waals surface area (Å²) >= 11 is 0.